The molecule has 0 saturated carbocycles. The van der Waals surface area contributed by atoms with Crippen molar-refractivity contribution in [3.8, 4) is 10.4 Å². The molecule has 1 saturated heterocycles. The van der Waals surface area contributed by atoms with Gasteiger partial charge in [-0.15, -0.1) is 23.1 Å². The van der Waals surface area contributed by atoms with Gasteiger partial charge in [0, 0.05) is 12.3 Å². The molecule has 1 amide bonds. The van der Waals surface area contributed by atoms with Crippen LogP contribution in [0.3, 0.4) is 0 Å². The van der Waals surface area contributed by atoms with Crippen molar-refractivity contribution in [2.75, 3.05) is 12.3 Å². The van der Waals surface area contributed by atoms with E-state index in [9.17, 15) is 9.18 Å². The summed E-state index contributed by atoms with van der Waals surface area (Å²) in [5.74, 6) is 0.343. The summed E-state index contributed by atoms with van der Waals surface area (Å²) in [5, 5.41) is 0.799. The molecule has 1 aromatic carbocycles. The Kier molecular flexibility index (Phi) is 3.96. The molecular weight excluding hydrogens is 321 g/mol. The lowest BCUT2D eigenvalue weighted by Gasteiger charge is -2.29. The van der Waals surface area contributed by atoms with Gasteiger partial charge in [-0.1, -0.05) is 12.1 Å². The lowest BCUT2D eigenvalue weighted by molar-refractivity contribution is 0.0693. The summed E-state index contributed by atoms with van der Waals surface area (Å²) < 4.78 is 13.1. The summed E-state index contributed by atoms with van der Waals surface area (Å²) in [6.45, 7) is 4.30. The predicted molar refractivity (Wildman–Crippen MR) is 88.3 cm³/mol. The third kappa shape index (κ3) is 2.76. The first-order chi connectivity index (χ1) is 10.4. The minimum atomic E-state index is -0.714. The SMILES string of the molecule is Cc1nc(C(=O)N2CCSC2(C)N)c(-c2ccc(F)cc2)s1. The van der Waals surface area contributed by atoms with E-state index in [-0.39, 0.29) is 11.7 Å². The second-order valence-corrected chi connectivity index (χ2v) is 8.00. The predicted octanol–water partition coefficient (Wildman–Crippen LogP) is 3.08. The number of aryl methyl sites for hydroxylation is 1. The number of carbonyl (C=O) groups excluding carboxylic acids is 1. The maximum atomic E-state index is 13.1. The number of halogens is 1. The molecule has 1 aliphatic rings. The maximum Gasteiger partial charge on any atom is 0.276 e. The molecule has 1 aliphatic heterocycles. The standard InChI is InChI=1S/C15H16FN3OS2/c1-9-18-12(14(20)19-7-8-21-15(19,2)17)13(22-9)10-3-5-11(16)6-4-10/h3-6H,7-8,17H2,1-2H3. The molecule has 0 radical (unpaired) electrons. The minimum Gasteiger partial charge on any atom is -0.309 e. The normalized spacial score (nSPS) is 21.4. The first kappa shape index (κ1) is 15.5. The van der Waals surface area contributed by atoms with E-state index >= 15 is 0 Å². The fraction of sp³-hybridized carbons (Fsp3) is 0.333. The van der Waals surface area contributed by atoms with Crippen molar-refractivity contribution in [2.45, 2.75) is 18.8 Å². The Morgan fingerprint density at radius 3 is 2.68 bits per heavy atom. The molecule has 0 spiro atoms. The summed E-state index contributed by atoms with van der Waals surface area (Å²) in [6.07, 6.45) is 0. The van der Waals surface area contributed by atoms with Crippen molar-refractivity contribution >= 4 is 29.0 Å². The molecule has 2 heterocycles. The van der Waals surface area contributed by atoms with Gasteiger partial charge in [0.1, 0.15) is 16.5 Å². The Morgan fingerprint density at radius 2 is 2.09 bits per heavy atom. The van der Waals surface area contributed by atoms with E-state index in [1.165, 1.54) is 23.5 Å². The third-order valence-corrected chi connectivity index (χ3v) is 5.74. The molecule has 3 rings (SSSR count). The Balaban J connectivity index is 2.01. The topological polar surface area (TPSA) is 59.2 Å². The lowest BCUT2D eigenvalue weighted by Crippen LogP contribution is -2.50. The van der Waals surface area contributed by atoms with Crippen LogP contribution >= 0.6 is 23.1 Å². The highest BCUT2D eigenvalue weighted by Gasteiger charge is 2.39. The van der Waals surface area contributed by atoms with Gasteiger partial charge < -0.3 is 10.6 Å². The second-order valence-electron chi connectivity index (χ2n) is 5.28. The van der Waals surface area contributed by atoms with E-state index in [2.05, 4.69) is 4.98 Å². The Morgan fingerprint density at radius 1 is 1.41 bits per heavy atom. The van der Waals surface area contributed by atoms with Crippen molar-refractivity contribution in [1.29, 1.82) is 0 Å². The van der Waals surface area contributed by atoms with Gasteiger partial charge in [-0.05, 0) is 31.5 Å². The molecule has 2 aromatic rings. The van der Waals surface area contributed by atoms with Crippen LogP contribution in [0, 0.1) is 12.7 Å². The molecule has 1 aromatic heterocycles. The van der Waals surface area contributed by atoms with Crippen molar-refractivity contribution in [3.63, 3.8) is 0 Å². The number of hydrogen-bond acceptors (Lipinski definition) is 5. The molecule has 1 unspecified atom stereocenters. The molecule has 0 bridgehead atoms. The van der Waals surface area contributed by atoms with Gasteiger partial charge in [0.2, 0.25) is 0 Å². The van der Waals surface area contributed by atoms with Gasteiger partial charge >= 0.3 is 0 Å². The van der Waals surface area contributed by atoms with E-state index in [0.717, 1.165) is 21.2 Å². The molecule has 22 heavy (non-hydrogen) atoms. The summed E-state index contributed by atoms with van der Waals surface area (Å²) >= 11 is 2.98. The minimum absolute atomic E-state index is 0.168. The van der Waals surface area contributed by atoms with Crippen molar-refractivity contribution in [1.82, 2.24) is 9.88 Å². The van der Waals surface area contributed by atoms with Crippen LogP contribution in [-0.2, 0) is 0 Å². The number of nitrogens with zero attached hydrogens (tertiary/aromatic N) is 2. The summed E-state index contributed by atoms with van der Waals surface area (Å²) in [6, 6.07) is 6.10. The van der Waals surface area contributed by atoms with Crippen LogP contribution in [0.25, 0.3) is 10.4 Å². The fourth-order valence-corrected chi connectivity index (χ4v) is 4.38. The van der Waals surface area contributed by atoms with Crippen LogP contribution in [0.15, 0.2) is 24.3 Å². The van der Waals surface area contributed by atoms with Crippen LogP contribution in [0.2, 0.25) is 0 Å². The van der Waals surface area contributed by atoms with Gasteiger partial charge in [-0.25, -0.2) is 9.37 Å². The van der Waals surface area contributed by atoms with Gasteiger partial charge in [-0.2, -0.15) is 0 Å². The highest BCUT2D eigenvalue weighted by atomic mass is 32.2. The fourth-order valence-electron chi connectivity index (χ4n) is 2.44. The van der Waals surface area contributed by atoms with Gasteiger partial charge in [0.05, 0.1) is 9.88 Å². The van der Waals surface area contributed by atoms with Crippen LogP contribution < -0.4 is 5.73 Å². The largest absolute Gasteiger partial charge is 0.309 e. The summed E-state index contributed by atoms with van der Waals surface area (Å²) in [4.78, 5) is 18.9. The van der Waals surface area contributed by atoms with Crippen molar-refractivity contribution in [2.24, 2.45) is 5.73 Å². The number of thioether (sulfide) groups is 1. The zero-order valence-electron chi connectivity index (χ0n) is 12.3. The van der Waals surface area contributed by atoms with Crippen molar-refractivity contribution < 1.29 is 9.18 Å². The van der Waals surface area contributed by atoms with E-state index < -0.39 is 4.99 Å². The summed E-state index contributed by atoms with van der Waals surface area (Å²) in [5.41, 5.74) is 7.36. The summed E-state index contributed by atoms with van der Waals surface area (Å²) in [7, 11) is 0. The third-order valence-electron chi connectivity index (χ3n) is 3.53. The quantitative estimate of drug-likeness (QED) is 0.915. The van der Waals surface area contributed by atoms with Crippen molar-refractivity contribution in [3.05, 3.63) is 40.8 Å². The highest BCUT2D eigenvalue weighted by molar-refractivity contribution is 8.00. The Labute approximate surface area is 136 Å². The molecule has 1 atom stereocenters. The number of hydrogen-bond donors (Lipinski definition) is 1. The number of aromatic nitrogens is 1. The van der Waals surface area contributed by atoms with Crippen LogP contribution in [0.4, 0.5) is 4.39 Å². The molecule has 4 nitrogen and oxygen atoms in total. The first-order valence-electron chi connectivity index (χ1n) is 6.86. The van der Waals surface area contributed by atoms with E-state index in [1.54, 1.807) is 28.8 Å². The van der Waals surface area contributed by atoms with Crippen LogP contribution in [-0.4, -0.2) is 33.1 Å². The average Bonchev–Trinajstić information content (AvgIpc) is 3.01. The number of amides is 1. The Bertz CT molecular complexity index is 712. The Hall–Kier alpha value is -1.44. The van der Waals surface area contributed by atoms with Crippen LogP contribution in [0.1, 0.15) is 22.4 Å². The molecule has 0 aliphatic carbocycles. The van der Waals surface area contributed by atoms with Crippen LogP contribution in [0.5, 0.6) is 0 Å². The second kappa shape index (κ2) is 5.64. The molecule has 1 fully saturated rings. The number of benzene rings is 1. The molecule has 116 valence electrons. The zero-order valence-corrected chi connectivity index (χ0v) is 13.9. The van der Waals surface area contributed by atoms with Gasteiger partial charge in [0.25, 0.3) is 5.91 Å². The average molecular weight is 337 g/mol. The van der Waals surface area contributed by atoms with Gasteiger partial charge in [-0.3, -0.25) is 4.79 Å². The number of nitrogens with two attached hydrogens (primary N) is 1. The molecular formula is C15H16FN3OS2. The van der Waals surface area contributed by atoms with E-state index in [1.807, 2.05) is 13.8 Å². The monoisotopic (exact) mass is 337 g/mol. The number of thiazole rings is 1. The number of carbonyl (C=O) groups is 1. The highest BCUT2D eigenvalue weighted by Crippen LogP contribution is 2.35. The molecule has 7 heteroatoms. The smallest absolute Gasteiger partial charge is 0.276 e. The van der Waals surface area contributed by atoms with E-state index in [4.69, 9.17) is 5.73 Å². The van der Waals surface area contributed by atoms with E-state index in [0.29, 0.717) is 12.2 Å². The lowest BCUT2D eigenvalue weighted by atomic mass is 10.1. The zero-order chi connectivity index (χ0) is 15.9. The molecule has 2 N–H and O–H groups in total. The maximum absolute atomic E-state index is 13.1. The number of rotatable bonds is 2. The first-order valence-corrected chi connectivity index (χ1v) is 8.67. The van der Waals surface area contributed by atoms with Gasteiger partial charge in [0.15, 0.2) is 0 Å².